The Morgan fingerprint density at radius 2 is 1.75 bits per heavy atom. The maximum atomic E-state index is 4.81. The molecule has 0 N–H and O–H groups in total. The second kappa shape index (κ2) is 7.97. The first kappa shape index (κ1) is 21.3. The van der Waals surface area contributed by atoms with Crippen LogP contribution in [0, 0.1) is 46.3 Å². The summed E-state index contributed by atoms with van der Waals surface area (Å²) in [5.41, 5.74) is 2.93. The maximum absolute atomic E-state index is 4.81. The molecule has 3 saturated carbocycles. The van der Waals surface area contributed by atoms with Gasteiger partial charge in [-0.3, -0.25) is 0 Å². The minimum atomic E-state index is 0.504. The van der Waals surface area contributed by atoms with Crippen molar-refractivity contribution in [2.75, 3.05) is 0 Å². The first-order valence-corrected chi connectivity index (χ1v) is 13.2. The Kier molecular flexibility index (Phi) is 6.07. The molecule has 0 heterocycles. The first-order chi connectivity index (χ1) is 13.3. The molecule has 160 valence electrons. The third-order valence-corrected chi connectivity index (χ3v) is 10.7. The van der Waals surface area contributed by atoms with E-state index >= 15 is 0 Å². The Hall–Kier alpha value is 0.0900. The van der Waals surface area contributed by atoms with Gasteiger partial charge in [-0.05, 0) is 97.7 Å². The number of fused-ring (bicyclic) bond motifs is 5. The van der Waals surface area contributed by atoms with Gasteiger partial charge in [0.1, 0.15) is 0 Å². The van der Waals surface area contributed by atoms with Gasteiger partial charge in [-0.2, -0.15) is 12.6 Å². The van der Waals surface area contributed by atoms with E-state index in [0.29, 0.717) is 16.1 Å². The molecule has 0 aliphatic heterocycles. The fourth-order valence-electron chi connectivity index (χ4n) is 8.73. The average molecular weight is 403 g/mol. The van der Waals surface area contributed by atoms with Crippen LogP contribution < -0.4 is 0 Å². The van der Waals surface area contributed by atoms with Crippen molar-refractivity contribution in [2.24, 2.45) is 46.3 Å². The molecule has 4 rings (SSSR count). The summed E-state index contributed by atoms with van der Waals surface area (Å²) in [6.45, 7) is 12.7. The molecule has 4 aliphatic carbocycles. The highest BCUT2D eigenvalue weighted by Gasteiger charge is 2.59. The summed E-state index contributed by atoms with van der Waals surface area (Å²) < 4.78 is 0. The summed E-state index contributed by atoms with van der Waals surface area (Å²) in [6, 6.07) is 0. The molecule has 0 bridgehead atoms. The Morgan fingerprint density at radius 1 is 0.964 bits per heavy atom. The summed E-state index contributed by atoms with van der Waals surface area (Å²) in [6.07, 6.45) is 18.5. The number of thiol groups is 1. The van der Waals surface area contributed by atoms with Crippen LogP contribution in [0.25, 0.3) is 0 Å². The van der Waals surface area contributed by atoms with Gasteiger partial charge in [0, 0.05) is 5.25 Å². The van der Waals surface area contributed by atoms with Crippen molar-refractivity contribution in [2.45, 2.75) is 110 Å². The van der Waals surface area contributed by atoms with Gasteiger partial charge in [-0.25, -0.2) is 0 Å². The number of allylic oxidation sites excluding steroid dienone is 1. The molecule has 1 heteroatoms. The fraction of sp³-hybridized carbons (Fsp3) is 0.926. The van der Waals surface area contributed by atoms with E-state index < -0.39 is 0 Å². The number of rotatable bonds is 5. The van der Waals surface area contributed by atoms with Gasteiger partial charge < -0.3 is 0 Å². The molecule has 28 heavy (non-hydrogen) atoms. The van der Waals surface area contributed by atoms with Crippen molar-refractivity contribution in [1.29, 1.82) is 0 Å². The minimum absolute atomic E-state index is 0.504. The van der Waals surface area contributed by atoms with Crippen LogP contribution in [0.3, 0.4) is 0 Å². The molecular weight excluding hydrogens is 356 g/mol. The molecule has 0 saturated heterocycles. The Bertz CT molecular complexity index is 591. The highest BCUT2D eigenvalue weighted by Crippen LogP contribution is 2.67. The molecule has 0 radical (unpaired) electrons. The summed E-state index contributed by atoms with van der Waals surface area (Å²) in [5, 5.41) is 0.524. The van der Waals surface area contributed by atoms with Crippen LogP contribution in [0.5, 0.6) is 0 Å². The van der Waals surface area contributed by atoms with E-state index in [4.69, 9.17) is 12.6 Å². The van der Waals surface area contributed by atoms with E-state index in [0.717, 1.165) is 35.5 Å². The predicted molar refractivity (Wildman–Crippen MR) is 126 cm³/mol. The highest BCUT2D eigenvalue weighted by atomic mass is 32.1. The van der Waals surface area contributed by atoms with Crippen LogP contribution in [-0.2, 0) is 0 Å². The van der Waals surface area contributed by atoms with Gasteiger partial charge >= 0.3 is 0 Å². The highest BCUT2D eigenvalue weighted by molar-refractivity contribution is 7.81. The third-order valence-electron chi connectivity index (χ3n) is 10.3. The summed E-state index contributed by atoms with van der Waals surface area (Å²) in [7, 11) is 0. The van der Waals surface area contributed by atoms with Crippen LogP contribution in [0.1, 0.15) is 105 Å². The van der Waals surface area contributed by atoms with E-state index in [1.165, 1.54) is 70.6 Å². The summed E-state index contributed by atoms with van der Waals surface area (Å²) in [5.74, 6) is 5.76. The van der Waals surface area contributed by atoms with E-state index in [9.17, 15) is 0 Å². The summed E-state index contributed by atoms with van der Waals surface area (Å²) >= 11 is 4.81. The van der Waals surface area contributed by atoms with Crippen molar-refractivity contribution < 1.29 is 0 Å². The quantitative estimate of drug-likeness (QED) is 0.347. The normalized spacial score (nSPS) is 46.5. The minimum Gasteiger partial charge on any atom is -0.172 e. The van der Waals surface area contributed by atoms with Crippen LogP contribution in [0.4, 0.5) is 0 Å². The predicted octanol–water partition coefficient (Wildman–Crippen LogP) is 8.33. The van der Waals surface area contributed by atoms with Gasteiger partial charge in [0.2, 0.25) is 0 Å². The Morgan fingerprint density at radius 3 is 2.50 bits per heavy atom. The SMILES string of the molecule is CC(C)CCC[C@@H](C)[C@H]1CC[C@@H]2[C@H]3CCC4=C[C@@H](S)CC[C@]4(C)[C@H]3CC[C@@]21C. The second-order valence-electron chi connectivity index (χ2n) is 12.2. The second-order valence-corrected chi connectivity index (χ2v) is 12.8. The zero-order valence-corrected chi connectivity index (χ0v) is 20.2. The largest absolute Gasteiger partial charge is 0.172 e. The molecule has 0 aromatic heterocycles. The lowest BCUT2D eigenvalue weighted by molar-refractivity contribution is -0.0590. The fourth-order valence-corrected chi connectivity index (χ4v) is 9.04. The van der Waals surface area contributed by atoms with Crippen LogP contribution >= 0.6 is 12.6 Å². The van der Waals surface area contributed by atoms with E-state index in [1.807, 2.05) is 0 Å². The van der Waals surface area contributed by atoms with Crippen LogP contribution in [-0.4, -0.2) is 5.25 Å². The van der Waals surface area contributed by atoms with E-state index in [-0.39, 0.29) is 0 Å². The standard InChI is InChI=1S/C27H46S/c1-18(2)7-6-8-19(3)23-11-12-24-22-10-9-20-17-21(28)13-15-26(20,4)25(22)14-16-27(23,24)5/h17-19,21-25,28H,6-16H2,1-5H3/t19-,21+,22-,23-,24-,25+,26+,27-/m1/s1. The molecule has 8 atom stereocenters. The van der Waals surface area contributed by atoms with Gasteiger partial charge in [0.05, 0.1) is 0 Å². The van der Waals surface area contributed by atoms with E-state index in [1.54, 1.807) is 5.57 Å². The molecule has 0 amide bonds. The molecule has 4 aliphatic rings. The van der Waals surface area contributed by atoms with Crippen molar-refractivity contribution in [3.8, 4) is 0 Å². The van der Waals surface area contributed by atoms with Crippen molar-refractivity contribution in [1.82, 2.24) is 0 Å². The monoisotopic (exact) mass is 402 g/mol. The van der Waals surface area contributed by atoms with Gasteiger partial charge in [-0.1, -0.05) is 65.5 Å². The summed E-state index contributed by atoms with van der Waals surface area (Å²) in [4.78, 5) is 0. The zero-order chi connectivity index (χ0) is 20.1. The van der Waals surface area contributed by atoms with Gasteiger partial charge in [0.25, 0.3) is 0 Å². The van der Waals surface area contributed by atoms with E-state index in [2.05, 4.69) is 40.7 Å². The Labute approximate surface area is 181 Å². The van der Waals surface area contributed by atoms with Crippen LogP contribution in [0.2, 0.25) is 0 Å². The molecular formula is C27H46S. The smallest absolute Gasteiger partial charge is 0.0199 e. The van der Waals surface area contributed by atoms with Crippen molar-refractivity contribution in [3.05, 3.63) is 11.6 Å². The average Bonchev–Trinajstić information content (AvgIpc) is 2.99. The molecule has 3 fully saturated rings. The van der Waals surface area contributed by atoms with Crippen molar-refractivity contribution >= 4 is 12.6 Å². The topological polar surface area (TPSA) is 0 Å². The number of hydrogen-bond acceptors (Lipinski definition) is 1. The van der Waals surface area contributed by atoms with Gasteiger partial charge in [0.15, 0.2) is 0 Å². The molecule has 0 aromatic rings. The molecule has 0 spiro atoms. The molecule has 0 aromatic carbocycles. The third kappa shape index (κ3) is 3.54. The zero-order valence-electron chi connectivity index (χ0n) is 19.3. The maximum Gasteiger partial charge on any atom is 0.0199 e. The lowest BCUT2D eigenvalue weighted by atomic mass is 9.46. The first-order valence-electron chi connectivity index (χ1n) is 12.6. The lowest BCUT2D eigenvalue weighted by Gasteiger charge is -2.59. The Balaban J connectivity index is 1.48. The van der Waals surface area contributed by atoms with Gasteiger partial charge in [-0.15, -0.1) is 0 Å². The molecule has 0 nitrogen and oxygen atoms in total. The molecule has 0 unspecified atom stereocenters. The van der Waals surface area contributed by atoms with Crippen LogP contribution in [0.15, 0.2) is 11.6 Å². The number of hydrogen-bond donors (Lipinski definition) is 1. The lowest BCUT2D eigenvalue weighted by Crippen LogP contribution is -2.51. The van der Waals surface area contributed by atoms with Crippen molar-refractivity contribution in [3.63, 3.8) is 0 Å².